The van der Waals surface area contributed by atoms with Crippen LogP contribution in [0.1, 0.15) is 22.6 Å². The molecule has 0 aliphatic heterocycles. The molecule has 0 unspecified atom stereocenters. The van der Waals surface area contributed by atoms with Crippen molar-refractivity contribution in [2.45, 2.75) is 25.4 Å². The molecule has 16 heavy (non-hydrogen) atoms. The van der Waals surface area contributed by atoms with Crippen LogP contribution in [0.5, 0.6) is 0 Å². The smallest absolute Gasteiger partial charge is 1.00 e. The van der Waals surface area contributed by atoms with Crippen molar-refractivity contribution in [3.05, 3.63) is 12.7 Å². The summed E-state index contributed by atoms with van der Waals surface area (Å²) < 4.78 is 4.39. The zero-order chi connectivity index (χ0) is 12.1. The molecule has 2 N–H and O–H groups in total. The van der Waals surface area contributed by atoms with E-state index in [0.29, 0.717) is 0 Å². The number of carboxylic acid groups (broad SMARTS) is 2. The molecular weight excluding hydrogens is 244 g/mol. The first kappa shape index (κ1) is 17.8. The summed E-state index contributed by atoms with van der Waals surface area (Å²) >= 11 is 0. The minimum atomic E-state index is -2.51. The van der Waals surface area contributed by atoms with Crippen LogP contribution in [-0.2, 0) is 19.1 Å². The SMILES string of the molecule is C=CC(=O)OC(CCC)(C(=O)O)C(=O)O.[Ca+2].[H-].[H-]. The Morgan fingerprint density at radius 1 is 1.38 bits per heavy atom. The van der Waals surface area contributed by atoms with Gasteiger partial charge >= 0.3 is 61.2 Å². The number of carboxylic acids is 2. The fourth-order valence-electron chi connectivity index (χ4n) is 1.01. The Morgan fingerprint density at radius 3 is 2.06 bits per heavy atom. The van der Waals surface area contributed by atoms with Gasteiger partial charge in [0, 0.05) is 12.5 Å². The molecule has 0 rings (SSSR count). The maximum absolute atomic E-state index is 10.8. The van der Waals surface area contributed by atoms with E-state index < -0.39 is 23.5 Å². The third-order valence-electron chi connectivity index (χ3n) is 1.73. The molecule has 7 heteroatoms. The summed E-state index contributed by atoms with van der Waals surface area (Å²) in [7, 11) is 0. The van der Waals surface area contributed by atoms with E-state index in [1.54, 1.807) is 6.92 Å². The molecule has 0 saturated heterocycles. The Kier molecular flexibility index (Phi) is 8.50. The number of rotatable bonds is 6. The van der Waals surface area contributed by atoms with Crippen molar-refractivity contribution in [3.63, 3.8) is 0 Å². The van der Waals surface area contributed by atoms with Crippen LogP contribution in [0.2, 0.25) is 0 Å². The third kappa shape index (κ3) is 4.11. The second kappa shape index (κ2) is 7.65. The Bertz CT molecular complexity index is 293. The summed E-state index contributed by atoms with van der Waals surface area (Å²) in [5.41, 5.74) is -2.51. The maximum atomic E-state index is 10.8. The van der Waals surface area contributed by atoms with Crippen molar-refractivity contribution >= 4 is 55.6 Å². The maximum Gasteiger partial charge on any atom is 2.00 e. The van der Waals surface area contributed by atoms with Crippen molar-refractivity contribution in [3.8, 4) is 0 Å². The Hall–Kier alpha value is -0.590. The van der Waals surface area contributed by atoms with Gasteiger partial charge in [-0.15, -0.1) is 0 Å². The van der Waals surface area contributed by atoms with E-state index in [4.69, 9.17) is 10.2 Å². The number of hydrogen-bond donors (Lipinski definition) is 2. The average molecular weight is 258 g/mol. The van der Waals surface area contributed by atoms with E-state index >= 15 is 0 Å². The molecule has 0 bridgehead atoms. The minimum absolute atomic E-state index is 0. The van der Waals surface area contributed by atoms with E-state index in [0.717, 1.165) is 6.08 Å². The van der Waals surface area contributed by atoms with E-state index in [1.165, 1.54) is 0 Å². The average Bonchev–Trinajstić information content (AvgIpc) is 2.15. The van der Waals surface area contributed by atoms with Gasteiger partial charge in [-0.05, 0) is 0 Å². The molecule has 6 nitrogen and oxygen atoms in total. The second-order valence-electron chi connectivity index (χ2n) is 2.81. The van der Waals surface area contributed by atoms with E-state index in [9.17, 15) is 14.4 Å². The van der Waals surface area contributed by atoms with Crippen molar-refractivity contribution in [1.82, 2.24) is 0 Å². The molecule has 0 heterocycles. The molecular formula is C9H14CaO6. The van der Waals surface area contributed by atoms with Gasteiger partial charge in [-0.3, -0.25) is 0 Å². The quantitative estimate of drug-likeness (QED) is 0.307. The number of hydrogen-bond acceptors (Lipinski definition) is 4. The molecule has 0 aliphatic carbocycles. The van der Waals surface area contributed by atoms with Crippen LogP contribution in [0.4, 0.5) is 0 Å². The molecule has 0 saturated carbocycles. The summed E-state index contributed by atoms with van der Waals surface area (Å²) in [6.07, 6.45) is 0.677. The molecule has 0 aliphatic rings. The standard InChI is InChI=1S/C9H12O6.Ca.2H/c1-3-5-9(7(11)12,8(13)14)15-6(10)4-2;;;/h4H,2-3,5H2,1H3,(H,11,12)(H,13,14);;;/q;+2;2*-1. The topological polar surface area (TPSA) is 101 Å². The van der Waals surface area contributed by atoms with Gasteiger partial charge in [-0.2, -0.15) is 0 Å². The summed E-state index contributed by atoms with van der Waals surface area (Å²) in [6, 6.07) is 0. The van der Waals surface area contributed by atoms with Gasteiger partial charge in [0.2, 0.25) is 0 Å². The first-order chi connectivity index (χ1) is 6.90. The van der Waals surface area contributed by atoms with E-state index in [2.05, 4.69) is 11.3 Å². The van der Waals surface area contributed by atoms with Crippen LogP contribution < -0.4 is 0 Å². The fraction of sp³-hybridized carbons (Fsp3) is 0.444. The van der Waals surface area contributed by atoms with Gasteiger partial charge in [-0.25, -0.2) is 14.4 Å². The molecule has 0 aromatic rings. The van der Waals surface area contributed by atoms with Crippen molar-refractivity contribution in [2.24, 2.45) is 0 Å². The van der Waals surface area contributed by atoms with Gasteiger partial charge in [-0.1, -0.05) is 19.9 Å². The van der Waals surface area contributed by atoms with Crippen LogP contribution in [0.3, 0.4) is 0 Å². The second-order valence-corrected chi connectivity index (χ2v) is 2.81. The Labute approximate surface area is 125 Å². The number of carbonyl (C=O) groups is 3. The van der Waals surface area contributed by atoms with Crippen molar-refractivity contribution < 1.29 is 32.2 Å². The van der Waals surface area contributed by atoms with Crippen LogP contribution in [-0.4, -0.2) is 71.5 Å². The van der Waals surface area contributed by atoms with Gasteiger partial charge < -0.3 is 17.8 Å². The molecule has 0 amide bonds. The van der Waals surface area contributed by atoms with Crippen LogP contribution >= 0.6 is 0 Å². The minimum Gasteiger partial charge on any atom is -1.00 e. The number of esters is 1. The normalized spacial score (nSPS) is 9.81. The molecule has 0 aromatic carbocycles. The number of aliphatic carboxylic acids is 2. The van der Waals surface area contributed by atoms with Gasteiger partial charge in [0.05, 0.1) is 0 Å². The molecule has 0 spiro atoms. The molecule has 0 radical (unpaired) electrons. The van der Waals surface area contributed by atoms with Crippen molar-refractivity contribution in [1.29, 1.82) is 0 Å². The monoisotopic (exact) mass is 258 g/mol. The van der Waals surface area contributed by atoms with E-state index in [-0.39, 0.29) is 53.4 Å². The van der Waals surface area contributed by atoms with Gasteiger partial charge in [0.1, 0.15) is 0 Å². The first-order valence-electron chi connectivity index (χ1n) is 4.23. The van der Waals surface area contributed by atoms with Crippen molar-refractivity contribution in [2.75, 3.05) is 0 Å². The number of ether oxygens (including phenoxy) is 1. The summed E-state index contributed by atoms with van der Waals surface area (Å²) in [6.45, 7) is 4.65. The van der Waals surface area contributed by atoms with Crippen LogP contribution in [0.15, 0.2) is 12.7 Å². The zero-order valence-corrected chi connectivity index (χ0v) is 11.1. The molecule has 0 aromatic heterocycles. The summed E-state index contributed by atoms with van der Waals surface area (Å²) in [5, 5.41) is 17.6. The fourth-order valence-corrected chi connectivity index (χ4v) is 1.01. The third-order valence-corrected chi connectivity index (χ3v) is 1.73. The molecule has 0 fully saturated rings. The van der Waals surface area contributed by atoms with Gasteiger partial charge in [0.15, 0.2) is 0 Å². The summed E-state index contributed by atoms with van der Waals surface area (Å²) in [4.78, 5) is 32.5. The predicted octanol–water partition coefficient (Wildman–Crippen LogP) is 0.268. The van der Waals surface area contributed by atoms with Crippen LogP contribution in [0, 0.1) is 0 Å². The molecule has 0 atom stereocenters. The Morgan fingerprint density at radius 2 is 1.81 bits per heavy atom. The zero-order valence-electron chi connectivity index (χ0n) is 10.9. The predicted molar refractivity (Wildman–Crippen MR) is 57.2 cm³/mol. The largest absolute Gasteiger partial charge is 2.00 e. The van der Waals surface area contributed by atoms with Gasteiger partial charge in [0.25, 0.3) is 0 Å². The van der Waals surface area contributed by atoms with E-state index in [1.807, 2.05) is 0 Å². The Balaban J connectivity index is -0.000000327. The van der Waals surface area contributed by atoms with Crippen LogP contribution in [0.25, 0.3) is 0 Å². The number of carbonyl (C=O) groups excluding carboxylic acids is 1. The molecule has 88 valence electrons. The summed E-state index contributed by atoms with van der Waals surface area (Å²) in [5.74, 6) is -4.48. The first-order valence-corrected chi connectivity index (χ1v) is 4.23.